The average molecular weight is 575 g/mol. The number of thiophene rings is 1. The van der Waals surface area contributed by atoms with Crippen LogP contribution in [0, 0.1) is 0 Å². The number of hydrogen-bond acceptors (Lipinski definition) is 10. The smallest absolute Gasteiger partial charge is 0.317 e. The van der Waals surface area contributed by atoms with E-state index in [1.165, 1.54) is 19.0 Å². The van der Waals surface area contributed by atoms with E-state index in [1.807, 2.05) is 23.3 Å². The Morgan fingerprint density at radius 2 is 2.00 bits per heavy atom. The lowest BCUT2D eigenvalue weighted by atomic mass is 10.2. The van der Waals surface area contributed by atoms with Crippen LogP contribution in [0.25, 0.3) is 10.6 Å². The van der Waals surface area contributed by atoms with Crippen molar-refractivity contribution in [2.45, 2.75) is 51.7 Å². The quantitative estimate of drug-likeness (QED) is 0.374. The molecule has 3 aromatic rings. The highest BCUT2D eigenvalue weighted by Crippen LogP contribution is 2.36. The van der Waals surface area contributed by atoms with Crippen LogP contribution in [0.3, 0.4) is 0 Å². The minimum absolute atomic E-state index is 0.0358. The lowest BCUT2D eigenvalue weighted by molar-refractivity contribution is -0.138. The summed E-state index contributed by atoms with van der Waals surface area (Å²) < 4.78 is 0. The number of thiazole rings is 1. The van der Waals surface area contributed by atoms with Gasteiger partial charge in [0.1, 0.15) is 16.5 Å². The molecule has 12 heteroatoms. The van der Waals surface area contributed by atoms with E-state index < -0.39 is 5.97 Å². The highest BCUT2D eigenvalue weighted by atomic mass is 35.5. The van der Waals surface area contributed by atoms with Crippen molar-refractivity contribution in [1.82, 2.24) is 24.8 Å². The number of aromatic nitrogens is 3. The maximum absolute atomic E-state index is 13.1. The fourth-order valence-electron chi connectivity index (χ4n) is 5.17. The predicted octanol–water partition coefficient (Wildman–Crippen LogP) is 4.32. The fraction of sp³-hybridized carbons (Fsp3) is 0.500. The first kappa shape index (κ1) is 27.1. The number of carbonyl (C=O) groups is 2. The molecule has 0 saturated carbocycles. The molecular weight excluding hydrogens is 544 g/mol. The Morgan fingerprint density at radius 1 is 1.16 bits per heavy atom. The Balaban J connectivity index is 1.28. The zero-order valence-electron chi connectivity index (χ0n) is 21.5. The number of carboxylic acids is 1. The van der Waals surface area contributed by atoms with E-state index in [0.29, 0.717) is 42.2 Å². The van der Waals surface area contributed by atoms with Crippen LogP contribution in [0.5, 0.6) is 0 Å². The third kappa shape index (κ3) is 6.23. The summed E-state index contributed by atoms with van der Waals surface area (Å²) in [5.41, 5.74) is 1.24. The normalized spacial score (nSPS) is 20.8. The molecule has 0 aromatic carbocycles. The maximum atomic E-state index is 13.1. The van der Waals surface area contributed by atoms with Gasteiger partial charge in [-0.25, -0.2) is 15.0 Å². The summed E-state index contributed by atoms with van der Waals surface area (Å²) in [5, 5.41) is 12.4. The Morgan fingerprint density at radius 3 is 2.63 bits per heavy atom. The summed E-state index contributed by atoms with van der Waals surface area (Å²) in [6, 6.07) is 2.57. The van der Waals surface area contributed by atoms with Gasteiger partial charge in [-0.3, -0.25) is 19.4 Å². The summed E-state index contributed by atoms with van der Waals surface area (Å²) in [6.45, 7) is 8.17. The van der Waals surface area contributed by atoms with Gasteiger partial charge >= 0.3 is 5.97 Å². The van der Waals surface area contributed by atoms with Crippen LogP contribution in [0.15, 0.2) is 23.8 Å². The van der Waals surface area contributed by atoms with Crippen LogP contribution in [0.4, 0.5) is 5.82 Å². The van der Waals surface area contributed by atoms with Crippen molar-refractivity contribution in [3.05, 3.63) is 44.4 Å². The number of ketones is 1. The molecule has 2 atom stereocenters. The minimum Gasteiger partial charge on any atom is -0.480 e. The standard InChI is InChI=1S/C26H31ClN6O3S2/c1-16-4-3-5-32(16)13-22-26(21-8-18(27)15-37-21)30-24(38-22)9-20(34)19-10-29-23(11-28-19)33-7-6-31(12-17(33)2)14-25(35)36/h8,10-11,15-17H,3-7,9,12-14H2,1-2H3,(H,35,36)/t16-,17+/m1/s1. The molecular formula is C26H31ClN6O3S2. The van der Waals surface area contributed by atoms with Crippen LogP contribution < -0.4 is 4.90 Å². The van der Waals surface area contributed by atoms with Crippen molar-refractivity contribution in [2.24, 2.45) is 0 Å². The third-order valence-electron chi connectivity index (χ3n) is 7.18. The fourth-order valence-corrected chi connectivity index (χ4v) is 7.44. The molecule has 0 unspecified atom stereocenters. The lowest BCUT2D eigenvalue weighted by Gasteiger charge is -2.39. The largest absolute Gasteiger partial charge is 0.480 e. The summed E-state index contributed by atoms with van der Waals surface area (Å²) in [4.78, 5) is 46.7. The zero-order chi connectivity index (χ0) is 26.8. The van der Waals surface area contributed by atoms with Gasteiger partial charge in [0.25, 0.3) is 0 Å². The monoisotopic (exact) mass is 574 g/mol. The van der Waals surface area contributed by atoms with E-state index in [4.69, 9.17) is 21.7 Å². The summed E-state index contributed by atoms with van der Waals surface area (Å²) in [5.74, 6) is -0.247. The van der Waals surface area contributed by atoms with E-state index >= 15 is 0 Å². The zero-order valence-corrected chi connectivity index (χ0v) is 23.9. The summed E-state index contributed by atoms with van der Waals surface area (Å²) in [6.07, 6.45) is 5.75. The molecule has 3 aromatic heterocycles. The molecule has 5 heterocycles. The predicted molar refractivity (Wildman–Crippen MR) is 150 cm³/mol. The first-order valence-corrected chi connectivity index (χ1v) is 14.9. The molecule has 202 valence electrons. The van der Waals surface area contributed by atoms with Gasteiger partial charge in [0, 0.05) is 48.5 Å². The molecule has 2 saturated heterocycles. The number of aliphatic carboxylic acids is 1. The second-order valence-electron chi connectivity index (χ2n) is 10.0. The number of carbonyl (C=O) groups excluding carboxylic acids is 1. The highest BCUT2D eigenvalue weighted by Gasteiger charge is 2.27. The van der Waals surface area contributed by atoms with Gasteiger partial charge in [0.15, 0.2) is 5.78 Å². The van der Waals surface area contributed by atoms with Crippen molar-refractivity contribution >= 4 is 51.8 Å². The van der Waals surface area contributed by atoms with Crippen molar-refractivity contribution in [3.63, 3.8) is 0 Å². The van der Waals surface area contributed by atoms with Crippen molar-refractivity contribution in [2.75, 3.05) is 37.6 Å². The molecule has 2 aliphatic rings. The van der Waals surface area contributed by atoms with Gasteiger partial charge in [-0.15, -0.1) is 22.7 Å². The number of Topliss-reactive ketones (excluding diaryl/α,β-unsaturated/α-hetero) is 1. The average Bonchev–Trinajstić information content (AvgIpc) is 3.59. The molecule has 0 amide bonds. The van der Waals surface area contributed by atoms with Crippen molar-refractivity contribution in [1.29, 1.82) is 0 Å². The molecule has 38 heavy (non-hydrogen) atoms. The molecule has 1 N–H and O–H groups in total. The Hall–Kier alpha value is -2.44. The molecule has 2 fully saturated rings. The van der Waals surface area contributed by atoms with Gasteiger partial charge in [-0.1, -0.05) is 11.6 Å². The van der Waals surface area contributed by atoms with Gasteiger partial charge in [-0.05, 0) is 39.3 Å². The van der Waals surface area contributed by atoms with Gasteiger partial charge in [0.05, 0.1) is 41.0 Å². The van der Waals surface area contributed by atoms with Crippen molar-refractivity contribution in [3.8, 4) is 10.6 Å². The van der Waals surface area contributed by atoms with Crippen molar-refractivity contribution < 1.29 is 14.7 Å². The number of anilines is 1. The number of halogens is 1. The summed E-state index contributed by atoms with van der Waals surface area (Å²) >= 11 is 9.37. The summed E-state index contributed by atoms with van der Waals surface area (Å²) in [7, 11) is 0. The van der Waals surface area contributed by atoms with Gasteiger partial charge in [0.2, 0.25) is 0 Å². The number of nitrogens with zero attached hydrogens (tertiary/aromatic N) is 6. The lowest BCUT2D eigenvalue weighted by Crippen LogP contribution is -2.53. The van der Waals surface area contributed by atoms with Gasteiger partial charge < -0.3 is 10.0 Å². The van der Waals surface area contributed by atoms with E-state index in [2.05, 4.69) is 26.7 Å². The molecule has 0 spiro atoms. The first-order chi connectivity index (χ1) is 18.3. The van der Waals surface area contributed by atoms with E-state index in [-0.39, 0.29) is 24.8 Å². The third-order valence-corrected chi connectivity index (χ3v) is 9.50. The van der Waals surface area contributed by atoms with Crippen LogP contribution >= 0.6 is 34.3 Å². The second kappa shape index (κ2) is 11.7. The van der Waals surface area contributed by atoms with E-state index in [1.54, 1.807) is 28.9 Å². The number of piperazine rings is 1. The highest BCUT2D eigenvalue weighted by molar-refractivity contribution is 7.15. The van der Waals surface area contributed by atoms with E-state index in [0.717, 1.165) is 33.5 Å². The maximum Gasteiger partial charge on any atom is 0.317 e. The number of rotatable bonds is 9. The van der Waals surface area contributed by atoms with Crippen LogP contribution in [0.2, 0.25) is 5.02 Å². The Labute approximate surface area is 235 Å². The number of hydrogen-bond donors (Lipinski definition) is 1. The topological polar surface area (TPSA) is 103 Å². The molecule has 9 nitrogen and oxygen atoms in total. The molecule has 5 rings (SSSR count). The van der Waals surface area contributed by atoms with E-state index in [9.17, 15) is 9.59 Å². The Bertz CT molecular complexity index is 1300. The van der Waals surface area contributed by atoms with Crippen LogP contribution in [-0.2, 0) is 17.8 Å². The molecule has 0 radical (unpaired) electrons. The number of carboxylic acid groups (broad SMARTS) is 1. The van der Waals surface area contributed by atoms with Gasteiger partial charge in [-0.2, -0.15) is 0 Å². The first-order valence-electron chi connectivity index (χ1n) is 12.8. The molecule has 2 aliphatic heterocycles. The number of likely N-dealkylation sites (tertiary alicyclic amines) is 1. The SMILES string of the molecule is C[C@@H]1CCCN1Cc1sc(CC(=O)c2cnc(N3CCN(CC(=O)O)C[C@@H]3C)cn2)nc1-c1cc(Cl)cs1. The minimum atomic E-state index is -0.822. The van der Waals surface area contributed by atoms with Crippen LogP contribution in [-0.4, -0.2) is 86.4 Å². The molecule has 0 bridgehead atoms. The molecule has 0 aliphatic carbocycles. The van der Waals surface area contributed by atoms with Crippen LogP contribution in [0.1, 0.15) is 47.1 Å². The second-order valence-corrected chi connectivity index (χ2v) is 12.5. The Kier molecular flexibility index (Phi) is 8.39.